The highest BCUT2D eigenvalue weighted by atomic mass is 16.6. The van der Waals surface area contributed by atoms with Crippen molar-refractivity contribution in [3.05, 3.63) is 65.9 Å². The first-order valence-electron chi connectivity index (χ1n) is 10.3. The summed E-state index contributed by atoms with van der Waals surface area (Å²) in [6.07, 6.45) is 8.31. The third kappa shape index (κ3) is 2.86. The van der Waals surface area contributed by atoms with E-state index in [0.717, 1.165) is 48.2 Å². The number of phenolic OH excluding ortho intramolecular Hbond substituents is 1. The topological polar surface area (TPSA) is 114 Å². The van der Waals surface area contributed by atoms with E-state index in [1.54, 1.807) is 48.9 Å². The minimum absolute atomic E-state index is 0.202. The molecule has 4 aromatic rings. The Bertz CT molecular complexity index is 1310. The standard InChI is InChI=1S/C23H19N5O3/c29-15-3-1-13(2-4-15)19-25-12-18-21(27-19)28-20(26-18)14-5-8-23(9-6-14)17-11-24-10-7-16(17)22(30)31-23/h1-4,7,10-12,14,29H,5-6,8-9H2,(H,25,26,27,28). The zero-order valence-corrected chi connectivity index (χ0v) is 16.6. The molecular formula is C23H19N5O3. The SMILES string of the molecule is O=C1OC2(CCC(c3nc4nc(-c5ccc(O)cc5)ncc4[nH]3)CC2)c2cnccc21. The molecule has 154 valence electrons. The number of phenols is 1. The number of aromatic hydroxyl groups is 1. The second kappa shape index (κ2) is 6.60. The van der Waals surface area contributed by atoms with E-state index in [0.29, 0.717) is 17.0 Å². The molecule has 1 aliphatic heterocycles. The molecule has 2 aliphatic rings. The van der Waals surface area contributed by atoms with E-state index in [4.69, 9.17) is 9.72 Å². The number of hydrogen-bond donors (Lipinski definition) is 2. The van der Waals surface area contributed by atoms with E-state index >= 15 is 0 Å². The van der Waals surface area contributed by atoms with Crippen molar-refractivity contribution in [2.24, 2.45) is 0 Å². The molecule has 0 radical (unpaired) electrons. The number of nitrogens with zero attached hydrogens (tertiary/aromatic N) is 4. The monoisotopic (exact) mass is 413 g/mol. The van der Waals surface area contributed by atoms with E-state index in [2.05, 4.69) is 19.9 Å². The molecule has 1 aromatic carbocycles. The summed E-state index contributed by atoms with van der Waals surface area (Å²) in [7, 11) is 0. The van der Waals surface area contributed by atoms with Gasteiger partial charge in [-0.25, -0.2) is 19.7 Å². The molecule has 0 unspecified atom stereocenters. The van der Waals surface area contributed by atoms with Gasteiger partial charge in [-0.3, -0.25) is 4.98 Å². The van der Waals surface area contributed by atoms with Crippen molar-refractivity contribution in [2.75, 3.05) is 0 Å². The second-order valence-corrected chi connectivity index (χ2v) is 8.18. The second-order valence-electron chi connectivity index (χ2n) is 8.18. The van der Waals surface area contributed by atoms with Crippen LogP contribution in [0.4, 0.5) is 0 Å². The summed E-state index contributed by atoms with van der Waals surface area (Å²) in [5.41, 5.74) is 3.21. The molecule has 4 heterocycles. The van der Waals surface area contributed by atoms with Crippen molar-refractivity contribution < 1.29 is 14.6 Å². The summed E-state index contributed by atoms with van der Waals surface area (Å²) in [5.74, 6) is 1.63. The van der Waals surface area contributed by atoms with Crippen molar-refractivity contribution in [1.29, 1.82) is 0 Å². The molecule has 0 atom stereocenters. The first-order valence-corrected chi connectivity index (χ1v) is 10.3. The van der Waals surface area contributed by atoms with Crippen molar-refractivity contribution in [3.63, 3.8) is 0 Å². The Morgan fingerprint density at radius 1 is 1.06 bits per heavy atom. The Labute approximate surface area is 177 Å². The average Bonchev–Trinajstić information content (AvgIpc) is 3.34. The number of carbonyl (C=O) groups excluding carboxylic acids is 1. The first-order chi connectivity index (χ1) is 15.1. The van der Waals surface area contributed by atoms with Crippen molar-refractivity contribution in [3.8, 4) is 17.1 Å². The van der Waals surface area contributed by atoms with Crippen LogP contribution in [0.15, 0.2) is 48.9 Å². The van der Waals surface area contributed by atoms with Crippen LogP contribution in [-0.4, -0.2) is 36.0 Å². The lowest BCUT2D eigenvalue weighted by Gasteiger charge is -2.35. The van der Waals surface area contributed by atoms with Gasteiger partial charge in [0.1, 0.15) is 22.7 Å². The minimum atomic E-state index is -0.560. The van der Waals surface area contributed by atoms with Crippen LogP contribution in [0, 0.1) is 0 Å². The van der Waals surface area contributed by atoms with Crippen LogP contribution < -0.4 is 0 Å². The maximum Gasteiger partial charge on any atom is 0.339 e. The largest absolute Gasteiger partial charge is 0.508 e. The normalized spacial score (nSPS) is 22.6. The molecular weight excluding hydrogens is 394 g/mol. The number of ether oxygens (including phenoxy) is 1. The summed E-state index contributed by atoms with van der Waals surface area (Å²) in [6.45, 7) is 0. The van der Waals surface area contributed by atoms with Crippen LogP contribution in [0.25, 0.3) is 22.6 Å². The van der Waals surface area contributed by atoms with Gasteiger partial charge >= 0.3 is 5.97 Å². The van der Waals surface area contributed by atoms with Crippen molar-refractivity contribution >= 4 is 17.1 Å². The molecule has 0 amide bonds. The summed E-state index contributed by atoms with van der Waals surface area (Å²) >= 11 is 0. The van der Waals surface area contributed by atoms with Gasteiger partial charge in [0, 0.05) is 29.4 Å². The van der Waals surface area contributed by atoms with Gasteiger partial charge in [-0.05, 0) is 56.0 Å². The number of esters is 1. The van der Waals surface area contributed by atoms with Crippen LogP contribution in [-0.2, 0) is 10.3 Å². The van der Waals surface area contributed by atoms with Gasteiger partial charge in [0.2, 0.25) is 0 Å². The van der Waals surface area contributed by atoms with E-state index < -0.39 is 5.60 Å². The number of carbonyl (C=O) groups is 1. The quantitative estimate of drug-likeness (QED) is 0.480. The van der Waals surface area contributed by atoms with Gasteiger partial charge in [-0.1, -0.05) is 0 Å². The molecule has 31 heavy (non-hydrogen) atoms. The third-order valence-corrected chi connectivity index (χ3v) is 6.38. The number of nitrogens with one attached hydrogen (secondary N) is 1. The van der Waals surface area contributed by atoms with Gasteiger partial charge in [-0.2, -0.15) is 0 Å². The maximum atomic E-state index is 12.3. The Balaban J connectivity index is 1.25. The molecule has 8 heteroatoms. The number of aromatic nitrogens is 5. The smallest absolute Gasteiger partial charge is 0.339 e. The lowest BCUT2D eigenvalue weighted by Crippen LogP contribution is -2.31. The van der Waals surface area contributed by atoms with E-state index in [1.165, 1.54) is 0 Å². The van der Waals surface area contributed by atoms with Gasteiger partial charge in [0.25, 0.3) is 0 Å². The lowest BCUT2D eigenvalue weighted by atomic mass is 9.75. The third-order valence-electron chi connectivity index (χ3n) is 6.38. The molecule has 1 aliphatic carbocycles. The summed E-state index contributed by atoms with van der Waals surface area (Å²) in [4.78, 5) is 33.6. The van der Waals surface area contributed by atoms with E-state index in [-0.39, 0.29) is 17.6 Å². The number of benzene rings is 1. The fraction of sp³-hybridized carbons (Fsp3) is 0.261. The van der Waals surface area contributed by atoms with Gasteiger partial charge in [-0.15, -0.1) is 0 Å². The van der Waals surface area contributed by atoms with Crippen LogP contribution in [0.5, 0.6) is 5.75 Å². The first kappa shape index (κ1) is 18.0. The zero-order chi connectivity index (χ0) is 21.0. The van der Waals surface area contributed by atoms with Gasteiger partial charge in [0.05, 0.1) is 11.8 Å². The highest BCUT2D eigenvalue weighted by Gasteiger charge is 2.48. The number of fused-ring (bicyclic) bond motifs is 3. The van der Waals surface area contributed by atoms with Crippen LogP contribution in [0.1, 0.15) is 53.3 Å². The fourth-order valence-electron chi connectivity index (χ4n) is 4.72. The average molecular weight is 413 g/mol. The molecule has 1 spiro atoms. The minimum Gasteiger partial charge on any atom is -0.508 e. The highest BCUT2D eigenvalue weighted by Crippen LogP contribution is 2.49. The molecule has 0 saturated heterocycles. The lowest BCUT2D eigenvalue weighted by molar-refractivity contribution is -0.0313. The molecule has 1 fully saturated rings. The molecule has 8 nitrogen and oxygen atoms in total. The summed E-state index contributed by atoms with van der Waals surface area (Å²) < 4.78 is 5.83. The molecule has 2 N–H and O–H groups in total. The van der Waals surface area contributed by atoms with Crippen molar-refractivity contribution in [2.45, 2.75) is 37.2 Å². The summed E-state index contributed by atoms with van der Waals surface area (Å²) in [5, 5.41) is 9.48. The molecule has 0 bridgehead atoms. The zero-order valence-electron chi connectivity index (χ0n) is 16.6. The van der Waals surface area contributed by atoms with Crippen LogP contribution >= 0.6 is 0 Å². The van der Waals surface area contributed by atoms with Crippen LogP contribution in [0.3, 0.4) is 0 Å². The number of imidazole rings is 1. The predicted molar refractivity (Wildman–Crippen MR) is 111 cm³/mol. The molecule has 1 saturated carbocycles. The Morgan fingerprint density at radius 3 is 2.68 bits per heavy atom. The fourth-order valence-corrected chi connectivity index (χ4v) is 4.72. The van der Waals surface area contributed by atoms with E-state index in [1.807, 2.05) is 0 Å². The molecule has 3 aromatic heterocycles. The number of H-pyrrole nitrogens is 1. The Hall–Kier alpha value is -3.81. The number of pyridine rings is 1. The Morgan fingerprint density at radius 2 is 1.87 bits per heavy atom. The van der Waals surface area contributed by atoms with Crippen molar-refractivity contribution in [1.82, 2.24) is 24.9 Å². The van der Waals surface area contributed by atoms with Gasteiger partial charge < -0.3 is 14.8 Å². The molecule has 6 rings (SSSR count). The number of aromatic amines is 1. The highest BCUT2D eigenvalue weighted by molar-refractivity contribution is 5.94. The Kier molecular flexibility index (Phi) is 3.83. The summed E-state index contributed by atoms with van der Waals surface area (Å²) in [6, 6.07) is 8.52. The maximum absolute atomic E-state index is 12.3. The number of rotatable bonds is 2. The number of hydrogen-bond acceptors (Lipinski definition) is 7. The van der Waals surface area contributed by atoms with E-state index in [9.17, 15) is 9.90 Å². The van der Waals surface area contributed by atoms with Crippen LogP contribution in [0.2, 0.25) is 0 Å². The van der Waals surface area contributed by atoms with Gasteiger partial charge in [0.15, 0.2) is 11.5 Å². The predicted octanol–water partition coefficient (Wildman–Crippen LogP) is 3.84.